The van der Waals surface area contributed by atoms with Crippen LogP contribution in [0.4, 0.5) is 0 Å². The smallest absolute Gasteiger partial charge is 0.325 e. The van der Waals surface area contributed by atoms with Crippen LogP contribution >= 0.6 is 0 Å². The number of methoxy groups -OCH3 is 1. The zero-order chi connectivity index (χ0) is 15.5. The van der Waals surface area contributed by atoms with Crippen LogP contribution in [0.2, 0.25) is 0 Å². The van der Waals surface area contributed by atoms with Crippen LogP contribution in [0.25, 0.3) is 0 Å². The van der Waals surface area contributed by atoms with Gasteiger partial charge in [0.05, 0.1) is 7.11 Å². The molecule has 4 nitrogen and oxygen atoms in total. The first-order chi connectivity index (χ1) is 9.98. The van der Waals surface area contributed by atoms with Gasteiger partial charge in [-0.1, -0.05) is 13.3 Å². The molecule has 21 heavy (non-hydrogen) atoms. The summed E-state index contributed by atoms with van der Waals surface area (Å²) in [4.78, 5) is 14.8. The third-order valence-electron chi connectivity index (χ3n) is 5.08. The lowest BCUT2D eigenvalue weighted by molar-refractivity contribution is -0.149. The minimum Gasteiger partial charge on any atom is -0.468 e. The number of likely N-dealkylation sites (tertiary alicyclic amines) is 1. The summed E-state index contributed by atoms with van der Waals surface area (Å²) in [5.41, 5.74) is -0.543. The molecule has 2 fully saturated rings. The summed E-state index contributed by atoms with van der Waals surface area (Å²) in [5.74, 6) is 0.726. The molecule has 4 heteroatoms. The Morgan fingerprint density at radius 1 is 1.43 bits per heavy atom. The summed E-state index contributed by atoms with van der Waals surface area (Å²) < 4.78 is 5.05. The minimum atomic E-state index is -0.543. The fraction of sp³-hybridized carbons (Fsp3) is 0.941. The largest absolute Gasteiger partial charge is 0.468 e. The van der Waals surface area contributed by atoms with Crippen molar-refractivity contribution in [3.8, 4) is 0 Å². The molecule has 0 aromatic carbocycles. The van der Waals surface area contributed by atoms with E-state index in [0.29, 0.717) is 12.1 Å². The molecule has 2 aliphatic rings. The van der Waals surface area contributed by atoms with Gasteiger partial charge in [0.15, 0.2) is 0 Å². The molecule has 1 saturated carbocycles. The molecular weight excluding hydrogens is 264 g/mol. The topological polar surface area (TPSA) is 41.6 Å². The third kappa shape index (κ3) is 4.43. The van der Waals surface area contributed by atoms with Crippen LogP contribution in [0.1, 0.15) is 59.3 Å². The molecule has 0 bridgehead atoms. The Hall–Kier alpha value is -0.610. The van der Waals surface area contributed by atoms with E-state index in [2.05, 4.69) is 24.1 Å². The molecule has 122 valence electrons. The lowest BCUT2D eigenvalue weighted by atomic mass is 9.92. The number of nitrogens with zero attached hydrogens (tertiary/aromatic N) is 1. The van der Waals surface area contributed by atoms with Crippen molar-refractivity contribution in [3.05, 3.63) is 0 Å². The van der Waals surface area contributed by atoms with Gasteiger partial charge >= 0.3 is 5.97 Å². The quantitative estimate of drug-likeness (QED) is 0.699. The molecule has 0 aromatic heterocycles. The van der Waals surface area contributed by atoms with Crippen LogP contribution in [-0.4, -0.2) is 48.7 Å². The fourth-order valence-corrected chi connectivity index (χ4v) is 3.73. The number of hydrogen-bond donors (Lipinski definition) is 1. The van der Waals surface area contributed by atoms with E-state index in [1.165, 1.54) is 52.3 Å². The highest BCUT2D eigenvalue weighted by molar-refractivity contribution is 5.80. The molecule has 0 spiro atoms. The van der Waals surface area contributed by atoms with Crippen molar-refractivity contribution in [3.63, 3.8) is 0 Å². The van der Waals surface area contributed by atoms with Gasteiger partial charge in [0, 0.05) is 18.6 Å². The fourth-order valence-electron chi connectivity index (χ4n) is 3.73. The summed E-state index contributed by atoms with van der Waals surface area (Å²) in [6.07, 6.45) is 7.11. The SMILES string of the molecule is CCCC1CCN(C(C)CC(C)(NC2CC2)C(=O)OC)C1. The highest BCUT2D eigenvalue weighted by Crippen LogP contribution is 2.29. The second-order valence-corrected chi connectivity index (χ2v) is 7.23. The maximum atomic E-state index is 12.2. The molecule has 1 saturated heterocycles. The number of hydrogen-bond acceptors (Lipinski definition) is 4. The van der Waals surface area contributed by atoms with Gasteiger partial charge in [0.1, 0.15) is 5.54 Å². The van der Waals surface area contributed by atoms with Crippen LogP contribution in [-0.2, 0) is 9.53 Å². The van der Waals surface area contributed by atoms with Gasteiger partial charge in [-0.05, 0) is 58.4 Å². The van der Waals surface area contributed by atoms with Gasteiger partial charge < -0.3 is 9.64 Å². The molecule has 0 aromatic rings. The molecular formula is C17H32N2O2. The summed E-state index contributed by atoms with van der Waals surface area (Å²) in [5, 5.41) is 3.51. The lowest BCUT2D eigenvalue weighted by Gasteiger charge is -2.34. The summed E-state index contributed by atoms with van der Waals surface area (Å²) in [6, 6.07) is 0.926. The van der Waals surface area contributed by atoms with E-state index in [4.69, 9.17) is 4.74 Å². The summed E-state index contributed by atoms with van der Waals surface area (Å²) >= 11 is 0. The van der Waals surface area contributed by atoms with Crippen LogP contribution in [0.15, 0.2) is 0 Å². The Kier molecular flexibility index (Phi) is 5.67. The first-order valence-corrected chi connectivity index (χ1v) is 8.58. The Balaban J connectivity index is 1.91. The average molecular weight is 296 g/mol. The number of ether oxygens (including phenoxy) is 1. The van der Waals surface area contributed by atoms with E-state index in [1.54, 1.807) is 0 Å². The predicted octanol–water partition coefficient (Wildman–Crippen LogP) is 2.57. The monoisotopic (exact) mass is 296 g/mol. The predicted molar refractivity (Wildman–Crippen MR) is 85.2 cm³/mol. The zero-order valence-electron chi connectivity index (χ0n) is 14.2. The number of esters is 1. The number of rotatable bonds is 8. The van der Waals surface area contributed by atoms with Gasteiger partial charge in [0.2, 0.25) is 0 Å². The Morgan fingerprint density at radius 3 is 2.71 bits per heavy atom. The number of carbonyl (C=O) groups is 1. The minimum absolute atomic E-state index is 0.120. The highest BCUT2D eigenvalue weighted by Gasteiger charge is 2.41. The van der Waals surface area contributed by atoms with Crippen LogP contribution in [0.5, 0.6) is 0 Å². The Morgan fingerprint density at radius 2 is 2.14 bits per heavy atom. The molecule has 1 aliphatic heterocycles. The van der Waals surface area contributed by atoms with E-state index >= 15 is 0 Å². The molecule has 0 amide bonds. The van der Waals surface area contributed by atoms with Crippen molar-refractivity contribution < 1.29 is 9.53 Å². The Bertz CT molecular complexity index is 357. The maximum absolute atomic E-state index is 12.2. The molecule has 3 unspecified atom stereocenters. The average Bonchev–Trinajstić information content (AvgIpc) is 3.12. The highest BCUT2D eigenvalue weighted by atomic mass is 16.5. The van der Waals surface area contributed by atoms with E-state index in [0.717, 1.165) is 12.3 Å². The number of carbonyl (C=O) groups excluding carboxylic acids is 1. The van der Waals surface area contributed by atoms with Crippen LogP contribution < -0.4 is 5.32 Å². The molecule has 2 rings (SSSR count). The lowest BCUT2D eigenvalue weighted by Crippen LogP contribution is -2.54. The maximum Gasteiger partial charge on any atom is 0.325 e. The van der Waals surface area contributed by atoms with E-state index in [1.807, 2.05) is 6.92 Å². The second kappa shape index (κ2) is 7.10. The van der Waals surface area contributed by atoms with Gasteiger partial charge in [-0.15, -0.1) is 0 Å². The standard InChI is InChI=1S/C17H32N2O2/c1-5-6-14-9-10-19(12-14)13(2)11-17(3,16(20)21-4)18-15-7-8-15/h13-15,18H,5-12H2,1-4H3. The molecule has 1 N–H and O–H groups in total. The number of nitrogens with one attached hydrogen (secondary N) is 1. The molecule has 1 heterocycles. The first-order valence-electron chi connectivity index (χ1n) is 8.58. The van der Waals surface area contributed by atoms with E-state index in [9.17, 15) is 4.79 Å². The van der Waals surface area contributed by atoms with Crippen molar-refractivity contribution in [2.75, 3.05) is 20.2 Å². The van der Waals surface area contributed by atoms with Crippen molar-refractivity contribution in [1.82, 2.24) is 10.2 Å². The normalized spacial score (nSPS) is 27.3. The first kappa shape index (κ1) is 16.8. The van der Waals surface area contributed by atoms with E-state index in [-0.39, 0.29) is 5.97 Å². The summed E-state index contributed by atoms with van der Waals surface area (Å²) in [7, 11) is 1.49. The summed E-state index contributed by atoms with van der Waals surface area (Å²) in [6.45, 7) is 8.89. The van der Waals surface area contributed by atoms with Crippen molar-refractivity contribution in [2.24, 2.45) is 5.92 Å². The molecule has 0 radical (unpaired) electrons. The van der Waals surface area contributed by atoms with E-state index < -0.39 is 5.54 Å². The Labute approximate surface area is 129 Å². The zero-order valence-corrected chi connectivity index (χ0v) is 14.2. The van der Waals surface area contributed by atoms with Crippen LogP contribution in [0.3, 0.4) is 0 Å². The van der Waals surface area contributed by atoms with Gasteiger partial charge in [-0.2, -0.15) is 0 Å². The van der Waals surface area contributed by atoms with Crippen molar-refractivity contribution in [1.29, 1.82) is 0 Å². The molecule has 3 atom stereocenters. The van der Waals surface area contributed by atoms with Crippen molar-refractivity contribution in [2.45, 2.75) is 76.9 Å². The van der Waals surface area contributed by atoms with Crippen molar-refractivity contribution >= 4 is 5.97 Å². The van der Waals surface area contributed by atoms with Gasteiger partial charge in [-0.25, -0.2) is 0 Å². The molecule has 1 aliphatic carbocycles. The second-order valence-electron chi connectivity index (χ2n) is 7.23. The van der Waals surface area contributed by atoms with Gasteiger partial charge in [-0.3, -0.25) is 10.1 Å². The van der Waals surface area contributed by atoms with Crippen LogP contribution in [0, 0.1) is 5.92 Å². The third-order valence-corrected chi connectivity index (χ3v) is 5.08. The van der Waals surface area contributed by atoms with Gasteiger partial charge in [0.25, 0.3) is 0 Å².